The Morgan fingerprint density at radius 2 is 2.00 bits per heavy atom. The predicted octanol–water partition coefficient (Wildman–Crippen LogP) is 2.40. The van der Waals surface area contributed by atoms with Gasteiger partial charge in [0.25, 0.3) is 0 Å². The summed E-state index contributed by atoms with van der Waals surface area (Å²) < 4.78 is 13.3. The Bertz CT molecular complexity index is 347. The highest BCUT2D eigenvalue weighted by Crippen LogP contribution is 2.19. The minimum Gasteiger partial charge on any atom is -0.324 e. The van der Waals surface area contributed by atoms with Crippen molar-refractivity contribution in [3.05, 3.63) is 29.1 Å². The second kappa shape index (κ2) is 3.56. The first-order chi connectivity index (χ1) is 6.00. The summed E-state index contributed by atoms with van der Waals surface area (Å²) >= 11 is 0. The summed E-state index contributed by atoms with van der Waals surface area (Å²) in [5.41, 5.74) is 1.73. The lowest BCUT2D eigenvalue weighted by molar-refractivity contribution is -0.114. The van der Waals surface area contributed by atoms with Crippen LogP contribution in [0.25, 0.3) is 0 Å². The lowest BCUT2D eigenvalue weighted by Crippen LogP contribution is -2.08. The van der Waals surface area contributed by atoms with Crippen molar-refractivity contribution in [1.29, 1.82) is 0 Å². The highest BCUT2D eigenvalue weighted by molar-refractivity contribution is 5.89. The molecule has 1 aromatic rings. The molecule has 0 aliphatic carbocycles. The van der Waals surface area contributed by atoms with Crippen LogP contribution < -0.4 is 5.32 Å². The summed E-state index contributed by atoms with van der Waals surface area (Å²) in [6, 6.07) is 3.35. The normalized spacial score (nSPS) is 9.85. The fraction of sp³-hybridized carbons (Fsp3) is 0.300. The molecule has 70 valence electrons. The molecule has 0 saturated heterocycles. The van der Waals surface area contributed by atoms with Gasteiger partial charge in [0.15, 0.2) is 0 Å². The summed E-state index contributed by atoms with van der Waals surface area (Å²) in [5, 5.41) is 2.44. The Morgan fingerprint density at radius 3 is 2.54 bits per heavy atom. The molecule has 1 N–H and O–H groups in total. The molecule has 13 heavy (non-hydrogen) atoms. The van der Waals surface area contributed by atoms with E-state index in [2.05, 4.69) is 5.32 Å². The van der Waals surface area contributed by atoms with Gasteiger partial charge in [0, 0.05) is 6.92 Å². The Kier molecular flexibility index (Phi) is 2.66. The van der Waals surface area contributed by atoms with Crippen LogP contribution in [0.2, 0.25) is 0 Å². The number of carbonyl (C=O) groups excluding carboxylic acids is 1. The molecule has 0 saturated carbocycles. The molecule has 2 nitrogen and oxygen atoms in total. The summed E-state index contributed by atoms with van der Waals surface area (Å²) in [6.07, 6.45) is 0. The molecule has 0 aromatic heterocycles. The van der Waals surface area contributed by atoms with E-state index in [-0.39, 0.29) is 17.4 Å². The van der Waals surface area contributed by atoms with Gasteiger partial charge < -0.3 is 5.32 Å². The maximum absolute atomic E-state index is 13.3. The van der Waals surface area contributed by atoms with Crippen LogP contribution in [-0.4, -0.2) is 5.91 Å². The van der Waals surface area contributed by atoms with Crippen LogP contribution >= 0.6 is 0 Å². The van der Waals surface area contributed by atoms with E-state index in [0.29, 0.717) is 5.56 Å². The van der Waals surface area contributed by atoms with Gasteiger partial charge in [-0.05, 0) is 31.0 Å². The SMILES string of the molecule is CC(=O)Nc1cc(C)cc(C)c1F. The lowest BCUT2D eigenvalue weighted by Gasteiger charge is -2.07. The van der Waals surface area contributed by atoms with Crippen molar-refractivity contribution in [2.75, 3.05) is 5.32 Å². The first kappa shape index (κ1) is 9.71. The predicted molar refractivity (Wildman–Crippen MR) is 50.2 cm³/mol. The number of benzene rings is 1. The Morgan fingerprint density at radius 1 is 1.38 bits per heavy atom. The summed E-state index contributed by atoms with van der Waals surface area (Å²) in [5.74, 6) is -0.621. The number of carbonyl (C=O) groups is 1. The number of hydrogen-bond acceptors (Lipinski definition) is 1. The van der Waals surface area contributed by atoms with Crippen molar-refractivity contribution >= 4 is 11.6 Å². The zero-order chi connectivity index (χ0) is 10.0. The second-order valence-electron chi connectivity index (χ2n) is 3.12. The Labute approximate surface area is 76.8 Å². The van der Waals surface area contributed by atoms with E-state index in [0.717, 1.165) is 5.56 Å². The Hall–Kier alpha value is -1.38. The van der Waals surface area contributed by atoms with Crippen molar-refractivity contribution in [2.45, 2.75) is 20.8 Å². The van der Waals surface area contributed by atoms with Crippen LogP contribution in [0.3, 0.4) is 0 Å². The van der Waals surface area contributed by atoms with Gasteiger partial charge in [0.1, 0.15) is 5.82 Å². The third-order valence-corrected chi connectivity index (χ3v) is 1.71. The van der Waals surface area contributed by atoms with E-state index in [1.54, 1.807) is 19.1 Å². The molecule has 0 spiro atoms. The number of nitrogens with one attached hydrogen (secondary N) is 1. The molecule has 0 bridgehead atoms. The van der Waals surface area contributed by atoms with Crippen LogP contribution in [0.5, 0.6) is 0 Å². The van der Waals surface area contributed by atoms with Crippen LogP contribution in [0, 0.1) is 19.7 Å². The van der Waals surface area contributed by atoms with Crippen LogP contribution in [0.15, 0.2) is 12.1 Å². The first-order valence-electron chi connectivity index (χ1n) is 4.05. The summed E-state index contributed by atoms with van der Waals surface area (Å²) in [6.45, 7) is 4.89. The van der Waals surface area contributed by atoms with E-state index < -0.39 is 0 Å². The summed E-state index contributed by atoms with van der Waals surface area (Å²) in [7, 11) is 0. The minimum atomic E-state index is -0.360. The minimum absolute atomic E-state index is 0.255. The standard InChI is InChI=1S/C10H12FNO/c1-6-4-7(2)10(11)9(5-6)12-8(3)13/h4-5H,1-3H3,(H,12,13). The van der Waals surface area contributed by atoms with Crippen molar-refractivity contribution in [3.8, 4) is 0 Å². The Balaban J connectivity index is 3.12. The quantitative estimate of drug-likeness (QED) is 0.708. The topological polar surface area (TPSA) is 29.1 Å². The number of amides is 1. The molecule has 0 heterocycles. The van der Waals surface area contributed by atoms with Gasteiger partial charge in [-0.25, -0.2) is 4.39 Å². The number of aryl methyl sites for hydroxylation is 2. The monoisotopic (exact) mass is 181 g/mol. The second-order valence-corrected chi connectivity index (χ2v) is 3.12. The molecule has 0 aliphatic heterocycles. The van der Waals surface area contributed by atoms with Crippen molar-refractivity contribution in [1.82, 2.24) is 0 Å². The molecule has 0 fully saturated rings. The molecule has 0 radical (unpaired) electrons. The largest absolute Gasteiger partial charge is 0.324 e. The van der Waals surface area contributed by atoms with E-state index in [1.165, 1.54) is 6.92 Å². The smallest absolute Gasteiger partial charge is 0.221 e. The number of rotatable bonds is 1. The molecule has 1 amide bonds. The fourth-order valence-corrected chi connectivity index (χ4v) is 1.23. The molecule has 1 aromatic carbocycles. The van der Waals surface area contributed by atoms with Gasteiger partial charge in [-0.3, -0.25) is 4.79 Å². The molecule has 3 heteroatoms. The number of hydrogen-bond donors (Lipinski definition) is 1. The van der Waals surface area contributed by atoms with Gasteiger partial charge in [-0.15, -0.1) is 0 Å². The molecule has 0 unspecified atom stereocenters. The van der Waals surface area contributed by atoms with Gasteiger partial charge in [0.2, 0.25) is 5.91 Å². The van der Waals surface area contributed by atoms with Gasteiger partial charge in [0.05, 0.1) is 5.69 Å². The maximum atomic E-state index is 13.3. The summed E-state index contributed by atoms with van der Waals surface area (Å²) in [4.78, 5) is 10.7. The molecule has 0 aliphatic rings. The zero-order valence-corrected chi connectivity index (χ0v) is 7.94. The molecule has 0 atom stereocenters. The molecular formula is C10H12FNO. The number of halogens is 1. The first-order valence-corrected chi connectivity index (χ1v) is 4.05. The van der Waals surface area contributed by atoms with E-state index in [1.807, 2.05) is 6.92 Å². The van der Waals surface area contributed by atoms with Crippen LogP contribution in [-0.2, 0) is 4.79 Å². The lowest BCUT2D eigenvalue weighted by atomic mass is 10.1. The number of anilines is 1. The molecule has 1 rings (SSSR count). The molecular weight excluding hydrogens is 169 g/mol. The average Bonchev–Trinajstić information content (AvgIpc) is 1.98. The van der Waals surface area contributed by atoms with Gasteiger partial charge in [-0.2, -0.15) is 0 Å². The highest BCUT2D eigenvalue weighted by atomic mass is 19.1. The van der Waals surface area contributed by atoms with Gasteiger partial charge in [-0.1, -0.05) is 6.07 Å². The van der Waals surface area contributed by atoms with E-state index in [9.17, 15) is 9.18 Å². The average molecular weight is 181 g/mol. The van der Waals surface area contributed by atoms with Gasteiger partial charge >= 0.3 is 0 Å². The third kappa shape index (κ3) is 2.28. The third-order valence-electron chi connectivity index (χ3n) is 1.71. The van der Waals surface area contributed by atoms with Crippen LogP contribution in [0.4, 0.5) is 10.1 Å². The van der Waals surface area contributed by atoms with Crippen molar-refractivity contribution < 1.29 is 9.18 Å². The van der Waals surface area contributed by atoms with E-state index in [4.69, 9.17) is 0 Å². The van der Waals surface area contributed by atoms with Crippen molar-refractivity contribution in [3.63, 3.8) is 0 Å². The highest BCUT2D eigenvalue weighted by Gasteiger charge is 2.06. The fourth-order valence-electron chi connectivity index (χ4n) is 1.23. The maximum Gasteiger partial charge on any atom is 0.221 e. The van der Waals surface area contributed by atoms with Crippen LogP contribution in [0.1, 0.15) is 18.1 Å². The zero-order valence-electron chi connectivity index (χ0n) is 7.94. The van der Waals surface area contributed by atoms with E-state index >= 15 is 0 Å². The van der Waals surface area contributed by atoms with Crippen molar-refractivity contribution in [2.24, 2.45) is 0 Å².